The molecule has 0 fully saturated rings. The zero-order valence-corrected chi connectivity index (χ0v) is 12.4. The summed E-state index contributed by atoms with van der Waals surface area (Å²) in [4.78, 5) is 33.2. The van der Waals surface area contributed by atoms with Gasteiger partial charge in [-0.05, 0) is 25.1 Å². The molecule has 0 radical (unpaired) electrons. The van der Waals surface area contributed by atoms with E-state index in [0.717, 1.165) is 15.5 Å². The van der Waals surface area contributed by atoms with Crippen molar-refractivity contribution in [2.45, 2.75) is 13.5 Å². The van der Waals surface area contributed by atoms with Gasteiger partial charge in [-0.2, -0.15) is 0 Å². The van der Waals surface area contributed by atoms with Crippen LogP contribution in [0.5, 0.6) is 0 Å². The molecule has 0 unspecified atom stereocenters. The molecule has 2 heterocycles. The highest BCUT2D eigenvalue weighted by Gasteiger charge is 2.10. The number of carbonyl (C=O) groups is 1. The number of nitrogens with one attached hydrogen (secondary N) is 1. The van der Waals surface area contributed by atoms with Crippen LogP contribution in [0.1, 0.15) is 4.88 Å². The van der Waals surface area contributed by atoms with Crippen molar-refractivity contribution in [2.24, 2.45) is 0 Å². The number of halogens is 1. The Bertz CT molecular complexity index is 919. The van der Waals surface area contributed by atoms with Crippen molar-refractivity contribution in [2.75, 3.05) is 5.32 Å². The molecule has 0 saturated carbocycles. The number of hydrogen-bond donors (Lipinski definition) is 1. The predicted octanol–water partition coefficient (Wildman–Crippen LogP) is 1.94. The summed E-state index contributed by atoms with van der Waals surface area (Å²) in [7, 11) is 0. The number of aromatic nitrogens is 3. The zero-order chi connectivity index (χ0) is 15.7. The van der Waals surface area contributed by atoms with Crippen LogP contribution < -0.4 is 10.9 Å². The second-order valence-corrected chi connectivity index (χ2v) is 5.90. The van der Waals surface area contributed by atoms with Crippen LogP contribution >= 0.6 is 11.3 Å². The van der Waals surface area contributed by atoms with Crippen molar-refractivity contribution < 1.29 is 9.18 Å². The molecule has 6 nitrogen and oxygen atoms in total. The molecule has 0 atom stereocenters. The van der Waals surface area contributed by atoms with Gasteiger partial charge in [-0.3, -0.25) is 14.2 Å². The SMILES string of the molecule is Cc1cnc(NC(=O)Cn2cnc3ccc(F)cc3c2=O)s1. The Kier molecular flexibility index (Phi) is 3.68. The normalized spacial score (nSPS) is 10.8. The molecular weight excluding hydrogens is 307 g/mol. The molecular formula is C14H11FN4O2S. The van der Waals surface area contributed by atoms with Crippen LogP contribution in [0, 0.1) is 12.7 Å². The summed E-state index contributed by atoms with van der Waals surface area (Å²) in [5.41, 5.74) is -0.0754. The van der Waals surface area contributed by atoms with Gasteiger partial charge in [-0.15, -0.1) is 11.3 Å². The Morgan fingerprint density at radius 3 is 2.95 bits per heavy atom. The lowest BCUT2D eigenvalue weighted by molar-refractivity contribution is -0.116. The maximum absolute atomic E-state index is 13.2. The van der Waals surface area contributed by atoms with E-state index in [-0.39, 0.29) is 11.9 Å². The average Bonchev–Trinajstić information content (AvgIpc) is 2.87. The molecule has 8 heteroatoms. The fourth-order valence-corrected chi connectivity index (χ4v) is 2.65. The summed E-state index contributed by atoms with van der Waals surface area (Å²) in [6.45, 7) is 1.66. The summed E-state index contributed by atoms with van der Waals surface area (Å²) in [5, 5.41) is 3.21. The number of rotatable bonds is 3. The Hall–Kier alpha value is -2.61. The molecule has 1 amide bonds. The quantitative estimate of drug-likeness (QED) is 0.800. The number of thiazole rings is 1. The molecule has 2 aromatic heterocycles. The van der Waals surface area contributed by atoms with Crippen LogP contribution in [0.15, 0.2) is 35.5 Å². The number of benzene rings is 1. The molecule has 0 aliphatic heterocycles. The average molecular weight is 318 g/mol. The predicted molar refractivity (Wildman–Crippen MR) is 81.4 cm³/mol. The summed E-state index contributed by atoms with van der Waals surface area (Å²) >= 11 is 1.34. The van der Waals surface area contributed by atoms with Gasteiger partial charge in [0, 0.05) is 11.1 Å². The lowest BCUT2D eigenvalue weighted by atomic mass is 10.2. The number of carbonyl (C=O) groups excluding carboxylic acids is 1. The van der Waals surface area contributed by atoms with E-state index in [1.54, 1.807) is 6.20 Å². The van der Waals surface area contributed by atoms with Crippen molar-refractivity contribution >= 4 is 33.3 Å². The number of aryl methyl sites for hydroxylation is 1. The summed E-state index contributed by atoms with van der Waals surface area (Å²) in [6, 6.07) is 3.77. The van der Waals surface area contributed by atoms with E-state index in [2.05, 4.69) is 15.3 Å². The number of nitrogens with zero attached hydrogens (tertiary/aromatic N) is 3. The topological polar surface area (TPSA) is 76.9 Å². The molecule has 1 N–H and O–H groups in total. The Morgan fingerprint density at radius 1 is 1.41 bits per heavy atom. The van der Waals surface area contributed by atoms with E-state index < -0.39 is 17.3 Å². The fourth-order valence-electron chi connectivity index (χ4n) is 1.97. The van der Waals surface area contributed by atoms with E-state index in [4.69, 9.17) is 0 Å². The van der Waals surface area contributed by atoms with E-state index in [1.165, 1.54) is 29.8 Å². The van der Waals surface area contributed by atoms with E-state index in [0.29, 0.717) is 10.6 Å². The van der Waals surface area contributed by atoms with Gasteiger partial charge in [0.25, 0.3) is 5.56 Å². The molecule has 22 heavy (non-hydrogen) atoms. The Balaban J connectivity index is 1.86. The van der Waals surface area contributed by atoms with Gasteiger partial charge in [0.15, 0.2) is 5.13 Å². The molecule has 1 aromatic carbocycles. The summed E-state index contributed by atoms with van der Waals surface area (Å²) < 4.78 is 14.4. The van der Waals surface area contributed by atoms with Gasteiger partial charge >= 0.3 is 0 Å². The molecule has 0 saturated heterocycles. The maximum atomic E-state index is 13.2. The van der Waals surface area contributed by atoms with Gasteiger partial charge in [0.1, 0.15) is 12.4 Å². The molecule has 0 bridgehead atoms. The molecule has 3 aromatic rings. The van der Waals surface area contributed by atoms with Gasteiger partial charge in [0.05, 0.1) is 17.2 Å². The van der Waals surface area contributed by atoms with Crippen molar-refractivity contribution in [3.8, 4) is 0 Å². The van der Waals surface area contributed by atoms with E-state index in [9.17, 15) is 14.0 Å². The van der Waals surface area contributed by atoms with Crippen LogP contribution in [0.3, 0.4) is 0 Å². The highest BCUT2D eigenvalue weighted by Crippen LogP contribution is 2.16. The third-order valence-corrected chi connectivity index (χ3v) is 3.80. The zero-order valence-electron chi connectivity index (χ0n) is 11.5. The fraction of sp³-hybridized carbons (Fsp3) is 0.143. The Labute approximate surface area is 128 Å². The second-order valence-electron chi connectivity index (χ2n) is 4.66. The third-order valence-electron chi connectivity index (χ3n) is 2.97. The minimum Gasteiger partial charge on any atom is -0.300 e. The summed E-state index contributed by atoms with van der Waals surface area (Å²) in [6.07, 6.45) is 2.92. The molecule has 0 aliphatic carbocycles. The van der Waals surface area contributed by atoms with Crippen molar-refractivity contribution in [3.05, 3.63) is 51.8 Å². The number of anilines is 1. The standard InChI is InChI=1S/C14H11FN4O2S/c1-8-5-16-14(22-8)18-12(20)6-19-7-17-11-3-2-9(15)4-10(11)13(19)21/h2-5,7H,6H2,1H3,(H,16,18,20). The van der Waals surface area contributed by atoms with Gasteiger partial charge in [0.2, 0.25) is 5.91 Å². The van der Waals surface area contributed by atoms with Crippen molar-refractivity contribution in [1.29, 1.82) is 0 Å². The first kappa shape index (κ1) is 14.3. The maximum Gasteiger partial charge on any atom is 0.261 e. The van der Waals surface area contributed by atoms with Crippen LogP contribution in [0.25, 0.3) is 10.9 Å². The van der Waals surface area contributed by atoms with Gasteiger partial charge in [-0.25, -0.2) is 14.4 Å². The lowest BCUT2D eigenvalue weighted by Crippen LogP contribution is -2.27. The van der Waals surface area contributed by atoms with E-state index in [1.807, 2.05) is 6.92 Å². The summed E-state index contributed by atoms with van der Waals surface area (Å²) in [5.74, 6) is -0.916. The van der Waals surface area contributed by atoms with Crippen molar-refractivity contribution in [3.63, 3.8) is 0 Å². The second kappa shape index (κ2) is 5.64. The van der Waals surface area contributed by atoms with Crippen LogP contribution in [-0.2, 0) is 11.3 Å². The molecule has 0 aliphatic rings. The first-order valence-corrected chi connectivity index (χ1v) is 7.21. The van der Waals surface area contributed by atoms with Crippen LogP contribution in [0.2, 0.25) is 0 Å². The lowest BCUT2D eigenvalue weighted by Gasteiger charge is -2.06. The van der Waals surface area contributed by atoms with Crippen LogP contribution in [0.4, 0.5) is 9.52 Å². The van der Waals surface area contributed by atoms with Gasteiger partial charge in [-0.1, -0.05) is 0 Å². The molecule has 3 rings (SSSR count). The molecule has 112 valence electrons. The smallest absolute Gasteiger partial charge is 0.261 e. The van der Waals surface area contributed by atoms with Crippen LogP contribution in [-0.4, -0.2) is 20.4 Å². The first-order chi connectivity index (χ1) is 10.5. The third kappa shape index (κ3) is 2.86. The monoisotopic (exact) mass is 318 g/mol. The highest BCUT2D eigenvalue weighted by molar-refractivity contribution is 7.15. The number of hydrogen-bond acceptors (Lipinski definition) is 5. The molecule has 0 spiro atoms. The minimum absolute atomic E-state index is 0.139. The van der Waals surface area contributed by atoms with Crippen molar-refractivity contribution in [1.82, 2.24) is 14.5 Å². The number of fused-ring (bicyclic) bond motifs is 1. The minimum atomic E-state index is -0.521. The first-order valence-electron chi connectivity index (χ1n) is 6.40. The Morgan fingerprint density at radius 2 is 2.23 bits per heavy atom. The number of amides is 1. The van der Waals surface area contributed by atoms with E-state index >= 15 is 0 Å². The largest absolute Gasteiger partial charge is 0.300 e. The highest BCUT2D eigenvalue weighted by atomic mass is 32.1. The van der Waals surface area contributed by atoms with Gasteiger partial charge < -0.3 is 5.32 Å².